The van der Waals surface area contributed by atoms with Crippen LogP contribution >= 0.6 is 24.0 Å². The van der Waals surface area contributed by atoms with Crippen LogP contribution < -0.4 is 10.6 Å². The predicted molar refractivity (Wildman–Crippen MR) is 100 cm³/mol. The van der Waals surface area contributed by atoms with Gasteiger partial charge in [0.05, 0.1) is 25.9 Å². The van der Waals surface area contributed by atoms with Crippen molar-refractivity contribution in [2.45, 2.75) is 38.7 Å². The Kier molecular flexibility index (Phi) is 15.7. The third kappa shape index (κ3) is 11.4. The van der Waals surface area contributed by atoms with Crippen molar-refractivity contribution < 1.29 is 14.2 Å². The van der Waals surface area contributed by atoms with E-state index in [1.54, 1.807) is 7.11 Å². The van der Waals surface area contributed by atoms with E-state index in [0.29, 0.717) is 19.3 Å². The van der Waals surface area contributed by atoms with Gasteiger partial charge in [-0.3, -0.25) is 4.99 Å². The van der Waals surface area contributed by atoms with E-state index in [4.69, 9.17) is 14.2 Å². The van der Waals surface area contributed by atoms with Crippen molar-refractivity contribution in [1.29, 1.82) is 0 Å². The first-order valence-electron chi connectivity index (χ1n) is 8.07. The second-order valence-corrected chi connectivity index (χ2v) is 5.09. The smallest absolute Gasteiger partial charge is 0.191 e. The average Bonchev–Trinajstić information content (AvgIpc) is 3.00. The summed E-state index contributed by atoms with van der Waals surface area (Å²) in [7, 11) is 1.69. The van der Waals surface area contributed by atoms with Crippen LogP contribution in [0.1, 0.15) is 32.6 Å². The van der Waals surface area contributed by atoms with Crippen molar-refractivity contribution >= 4 is 29.9 Å². The van der Waals surface area contributed by atoms with Gasteiger partial charge in [-0.2, -0.15) is 0 Å². The lowest BCUT2D eigenvalue weighted by Gasteiger charge is -2.12. The molecule has 1 aliphatic rings. The van der Waals surface area contributed by atoms with Gasteiger partial charge in [-0.15, -0.1) is 24.0 Å². The Bertz CT molecular complexity index is 275. The lowest BCUT2D eigenvalue weighted by Crippen LogP contribution is -2.38. The largest absolute Gasteiger partial charge is 0.382 e. The molecule has 1 heterocycles. The fraction of sp³-hybridized carbons (Fsp3) is 0.933. The molecule has 7 heteroatoms. The molecule has 0 aliphatic carbocycles. The Balaban J connectivity index is 0.00000441. The number of unbranched alkanes of at least 4 members (excludes halogenated alkanes) is 1. The Morgan fingerprint density at radius 2 is 2.09 bits per heavy atom. The maximum Gasteiger partial charge on any atom is 0.191 e. The van der Waals surface area contributed by atoms with E-state index in [2.05, 4.69) is 22.5 Å². The maximum absolute atomic E-state index is 5.58. The van der Waals surface area contributed by atoms with Gasteiger partial charge in [0.15, 0.2) is 5.96 Å². The SMILES string of the molecule is CCNC(=NCC1CCCO1)NCCCCOCCOC.I. The van der Waals surface area contributed by atoms with Gasteiger partial charge < -0.3 is 24.8 Å². The highest BCUT2D eigenvalue weighted by Crippen LogP contribution is 2.11. The number of guanidine groups is 1. The molecule has 132 valence electrons. The van der Waals surface area contributed by atoms with E-state index in [1.807, 2.05) is 0 Å². The topological polar surface area (TPSA) is 64.1 Å². The summed E-state index contributed by atoms with van der Waals surface area (Å²) >= 11 is 0. The number of nitrogens with zero attached hydrogens (tertiary/aromatic N) is 1. The molecule has 0 saturated carbocycles. The molecule has 2 N–H and O–H groups in total. The number of ether oxygens (including phenoxy) is 3. The molecular formula is C15H32IN3O3. The molecule has 1 unspecified atom stereocenters. The molecule has 0 amide bonds. The molecule has 0 radical (unpaired) electrons. The van der Waals surface area contributed by atoms with Crippen molar-refractivity contribution in [3.63, 3.8) is 0 Å². The van der Waals surface area contributed by atoms with Crippen LogP contribution in [0.3, 0.4) is 0 Å². The summed E-state index contributed by atoms with van der Waals surface area (Å²) in [5, 5.41) is 6.61. The molecule has 6 nitrogen and oxygen atoms in total. The van der Waals surface area contributed by atoms with Gasteiger partial charge in [-0.05, 0) is 32.6 Å². The highest BCUT2D eigenvalue weighted by atomic mass is 127. The molecule has 1 rings (SSSR count). The summed E-state index contributed by atoms with van der Waals surface area (Å²) < 4.78 is 15.9. The van der Waals surface area contributed by atoms with E-state index < -0.39 is 0 Å². The third-order valence-corrected chi connectivity index (χ3v) is 3.26. The number of hydrogen-bond acceptors (Lipinski definition) is 4. The van der Waals surface area contributed by atoms with Gasteiger partial charge in [0.25, 0.3) is 0 Å². The quantitative estimate of drug-likeness (QED) is 0.227. The zero-order valence-electron chi connectivity index (χ0n) is 13.9. The Morgan fingerprint density at radius 1 is 1.23 bits per heavy atom. The van der Waals surface area contributed by atoms with Crippen molar-refractivity contribution in [1.82, 2.24) is 10.6 Å². The van der Waals surface area contributed by atoms with E-state index >= 15 is 0 Å². The van der Waals surface area contributed by atoms with Crippen LogP contribution in [0.4, 0.5) is 0 Å². The molecule has 1 fully saturated rings. The first kappa shape index (κ1) is 21.9. The average molecular weight is 429 g/mol. The number of aliphatic imine (C=N–C) groups is 1. The lowest BCUT2D eigenvalue weighted by atomic mass is 10.2. The molecule has 0 aromatic carbocycles. The van der Waals surface area contributed by atoms with Crippen LogP contribution in [0.5, 0.6) is 0 Å². The van der Waals surface area contributed by atoms with E-state index in [9.17, 15) is 0 Å². The van der Waals surface area contributed by atoms with Crippen molar-refractivity contribution in [3.8, 4) is 0 Å². The highest BCUT2D eigenvalue weighted by molar-refractivity contribution is 14.0. The number of hydrogen-bond donors (Lipinski definition) is 2. The molecule has 1 saturated heterocycles. The van der Waals surface area contributed by atoms with Gasteiger partial charge in [0, 0.05) is 33.4 Å². The van der Waals surface area contributed by atoms with E-state index in [-0.39, 0.29) is 24.0 Å². The Hall–Kier alpha value is -0.120. The van der Waals surface area contributed by atoms with Gasteiger partial charge in [0.1, 0.15) is 0 Å². The lowest BCUT2D eigenvalue weighted by molar-refractivity contribution is 0.0689. The molecule has 0 aromatic heterocycles. The van der Waals surface area contributed by atoms with Gasteiger partial charge in [-0.25, -0.2) is 0 Å². The molecular weight excluding hydrogens is 397 g/mol. The fourth-order valence-corrected chi connectivity index (χ4v) is 2.10. The minimum absolute atomic E-state index is 0. The van der Waals surface area contributed by atoms with Crippen molar-refractivity contribution in [3.05, 3.63) is 0 Å². The summed E-state index contributed by atoms with van der Waals surface area (Å²) in [4.78, 5) is 4.58. The molecule has 1 atom stereocenters. The first-order valence-corrected chi connectivity index (χ1v) is 8.07. The molecule has 0 aromatic rings. The fourth-order valence-electron chi connectivity index (χ4n) is 2.10. The van der Waals surface area contributed by atoms with Crippen molar-refractivity contribution in [2.24, 2.45) is 4.99 Å². The summed E-state index contributed by atoms with van der Waals surface area (Å²) in [5.41, 5.74) is 0. The van der Waals surface area contributed by atoms with Crippen LogP contribution in [-0.2, 0) is 14.2 Å². The van der Waals surface area contributed by atoms with E-state index in [1.165, 1.54) is 0 Å². The van der Waals surface area contributed by atoms with Crippen molar-refractivity contribution in [2.75, 3.05) is 53.2 Å². The molecule has 22 heavy (non-hydrogen) atoms. The van der Waals surface area contributed by atoms with Crippen LogP contribution in [0.2, 0.25) is 0 Å². The van der Waals surface area contributed by atoms with Crippen LogP contribution in [-0.4, -0.2) is 65.2 Å². The van der Waals surface area contributed by atoms with Crippen LogP contribution in [0.15, 0.2) is 4.99 Å². The van der Waals surface area contributed by atoms with Gasteiger partial charge in [0.2, 0.25) is 0 Å². The second kappa shape index (κ2) is 15.8. The highest BCUT2D eigenvalue weighted by Gasteiger charge is 2.14. The van der Waals surface area contributed by atoms with Gasteiger partial charge in [-0.1, -0.05) is 0 Å². The minimum atomic E-state index is 0. The minimum Gasteiger partial charge on any atom is -0.382 e. The first-order chi connectivity index (χ1) is 10.4. The number of rotatable bonds is 11. The van der Waals surface area contributed by atoms with E-state index in [0.717, 1.165) is 64.5 Å². The Morgan fingerprint density at radius 3 is 2.77 bits per heavy atom. The van der Waals surface area contributed by atoms with Crippen LogP contribution in [0.25, 0.3) is 0 Å². The third-order valence-electron chi connectivity index (χ3n) is 3.26. The summed E-state index contributed by atoms with van der Waals surface area (Å²) in [6.45, 7) is 7.61. The zero-order chi connectivity index (χ0) is 15.2. The Labute approximate surface area is 151 Å². The standard InChI is InChI=1S/C15H31N3O3.HI/c1-3-16-15(18-13-14-7-6-10-21-14)17-8-4-5-9-20-12-11-19-2;/h14H,3-13H2,1-2H3,(H2,16,17,18);1H. The summed E-state index contributed by atoms with van der Waals surface area (Å²) in [6, 6.07) is 0. The summed E-state index contributed by atoms with van der Waals surface area (Å²) in [5.74, 6) is 0.883. The molecule has 0 spiro atoms. The monoisotopic (exact) mass is 429 g/mol. The number of halogens is 1. The molecule has 0 bridgehead atoms. The van der Waals surface area contributed by atoms with Crippen LogP contribution in [0, 0.1) is 0 Å². The molecule has 1 aliphatic heterocycles. The van der Waals surface area contributed by atoms with Gasteiger partial charge >= 0.3 is 0 Å². The predicted octanol–water partition coefficient (Wildman–Crippen LogP) is 1.78. The summed E-state index contributed by atoms with van der Waals surface area (Å²) in [6.07, 6.45) is 4.70. The maximum atomic E-state index is 5.58. The normalized spacial score (nSPS) is 18.1. The number of nitrogens with one attached hydrogen (secondary N) is 2. The number of methoxy groups -OCH3 is 1. The zero-order valence-corrected chi connectivity index (χ0v) is 16.3. The second-order valence-electron chi connectivity index (χ2n) is 5.09.